The Balaban J connectivity index is 1.52. The van der Waals surface area contributed by atoms with E-state index in [4.69, 9.17) is 15.2 Å². The topological polar surface area (TPSA) is 110 Å². The molecular weight excluding hydrogens is 493 g/mol. The lowest BCUT2D eigenvalue weighted by Crippen LogP contribution is -2.34. The Bertz CT molecular complexity index is 1600. The van der Waals surface area contributed by atoms with Gasteiger partial charge in [-0.1, -0.05) is 0 Å². The van der Waals surface area contributed by atoms with Crippen LogP contribution in [0.15, 0.2) is 12.4 Å². The molecule has 8 nitrogen and oxygen atoms in total. The number of rotatable bonds is 4. The van der Waals surface area contributed by atoms with Gasteiger partial charge in [0.2, 0.25) is 0 Å². The second kappa shape index (κ2) is 8.26. The van der Waals surface area contributed by atoms with Crippen LogP contribution < -0.4 is 10.5 Å². The molecule has 1 saturated heterocycles. The zero-order valence-corrected chi connectivity index (χ0v) is 19.9. The molecule has 12 heteroatoms. The largest absolute Gasteiger partial charge is 0.460 e. The summed E-state index contributed by atoms with van der Waals surface area (Å²) in [4.78, 5) is 14.5. The third-order valence-corrected chi connectivity index (χ3v) is 7.70. The first kappa shape index (κ1) is 22.9. The lowest BCUT2D eigenvalue weighted by molar-refractivity contribution is 0.0884. The Morgan fingerprint density at radius 2 is 2.08 bits per heavy atom. The molecule has 0 spiro atoms. The Morgan fingerprint density at radius 1 is 1.28 bits per heavy atom. The molecule has 0 aliphatic carbocycles. The zero-order chi connectivity index (χ0) is 25.2. The van der Waals surface area contributed by atoms with Crippen LogP contribution in [0.1, 0.15) is 23.1 Å². The standard InChI is InChI=1S/C24H19F3N6O2S/c1-33-3-2-24(27,9-33)10-35-23-31-5-12-13-7-34-8-14(13)16(18(26)19(12)32-23)20-17-11(4-28)22(29)36-21(17)15(25)6-30-20/h5-6H,2-3,7-10,29H2,1H3. The zero-order valence-electron chi connectivity index (χ0n) is 19.1. The number of alkyl halides is 1. The number of halogens is 3. The highest BCUT2D eigenvalue weighted by molar-refractivity contribution is 7.23. The number of nitriles is 1. The minimum absolute atomic E-state index is 0.0330. The molecule has 1 atom stereocenters. The van der Waals surface area contributed by atoms with Gasteiger partial charge in [-0.15, -0.1) is 11.3 Å². The predicted octanol–water partition coefficient (Wildman–Crippen LogP) is 4.09. The van der Waals surface area contributed by atoms with Gasteiger partial charge in [-0.2, -0.15) is 10.2 Å². The third kappa shape index (κ3) is 3.46. The van der Waals surface area contributed by atoms with E-state index in [1.807, 2.05) is 18.0 Å². The van der Waals surface area contributed by atoms with Gasteiger partial charge in [-0.05, 0) is 24.6 Å². The van der Waals surface area contributed by atoms with Crippen LogP contribution in [0, 0.1) is 23.0 Å². The van der Waals surface area contributed by atoms with Gasteiger partial charge < -0.3 is 20.1 Å². The van der Waals surface area contributed by atoms with E-state index in [1.54, 1.807) is 0 Å². The molecule has 4 aromatic rings. The van der Waals surface area contributed by atoms with E-state index in [1.165, 1.54) is 6.20 Å². The number of nitrogens with zero attached hydrogens (tertiary/aromatic N) is 5. The first-order chi connectivity index (χ1) is 17.3. The average molecular weight is 513 g/mol. The smallest absolute Gasteiger partial charge is 0.317 e. The Hall–Kier alpha value is -3.53. The molecule has 0 bridgehead atoms. The summed E-state index contributed by atoms with van der Waals surface area (Å²) in [5.74, 6) is -1.40. The molecule has 6 rings (SSSR count). The number of hydrogen-bond acceptors (Lipinski definition) is 9. The molecule has 1 aromatic carbocycles. The molecule has 3 aromatic heterocycles. The minimum atomic E-state index is -1.54. The Labute approximate surface area is 207 Å². The van der Waals surface area contributed by atoms with Gasteiger partial charge in [0.15, 0.2) is 17.3 Å². The summed E-state index contributed by atoms with van der Waals surface area (Å²) in [6.07, 6.45) is 2.73. The SMILES string of the molecule is CN1CCC(F)(COc2ncc3c4c(c(-c5ncc(F)c6sc(N)c(C#N)c56)c(F)c3n2)COC4)C1. The van der Waals surface area contributed by atoms with Crippen molar-refractivity contribution < 1.29 is 22.6 Å². The van der Waals surface area contributed by atoms with Crippen LogP contribution in [0.3, 0.4) is 0 Å². The number of likely N-dealkylation sites (tertiary alicyclic amines) is 1. The highest BCUT2D eigenvalue weighted by Gasteiger charge is 2.38. The number of anilines is 1. The number of fused-ring (bicyclic) bond motifs is 4. The van der Waals surface area contributed by atoms with Crippen molar-refractivity contribution in [1.82, 2.24) is 19.9 Å². The molecule has 0 amide bonds. The van der Waals surface area contributed by atoms with Gasteiger partial charge in [-0.25, -0.2) is 18.2 Å². The van der Waals surface area contributed by atoms with Gasteiger partial charge in [0.05, 0.1) is 35.4 Å². The predicted molar refractivity (Wildman–Crippen MR) is 127 cm³/mol. The van der Waals surface area contributed by atoms with Crippen molar-refractivity contribution in [3.05, 3.63) is 40.7 Å². The number of pyridine rings is 1. The summed E-state index contributed by atoms with van der Waals surface area (Å²) in [5, 5.41) is 10.3. The monoisotopic (exact) mass is 512 g/mol. The molecule has 36 heavy (non-hydrogen) atoms. The quantitative estimate of drug-likeness (QED) is 0.435. The molecular formula is C24H19F3N6O2S. The van der Waals surface area contributed by atoms with E-state index in [0.29, 0.717) is 29.5 Å². The molecule has 2 aliphatic rings. The van der Waals surface area contributed by atoms with Crippen molar-refractivity contribution in [3.63, 3.8) is 0 Å². The van der Waals surface area contributed by atoms with E-state index in [0.717, 1.165) is 17.5 Å². The minimum Gasteiger partial charge on any atom is -0.460 e. The van der Waals surface area contributed by atoms with E-state index in [9.17, 15) is 14.0 Å². The fraction of sp³-hybridized carbons (Fsp3) is 0.333. The van der Waals surface area contributed by atoms with Crippen molar-refractivity contribution >= 4 is 37.3 Å². The number of ether oxygens (including phenoxy) is 2. The van der Waals surface area contributed by atoms with Crippen LogP contribution in [-0.4, -0.2) is 52.3 Å². The maximum atomic E-state index is 16.2. The first-order valence-electron chi connectivity index (χ1n) is 11.1. The van der Waals surface area contributed by atoms with E-state index in [-0.39, 0.29) is 69.8 Å². The summed E-state index contributed by atoms with van der Waals surface area (Å²) in [6.45, 7) is 0.853. The van der Waals surface area contributed by atoms with E-state index >= 15 is 4.39 Å². The highest BCUT2D eigenvalue weighted by Crippen LogP contribution is 2.45. The summed E-state index contributed by atoms with van der Waals surface area (Å²) >= 11 is 0.904. The van der Waals surface area contributed by atoms with E-state index in [2.05, 4.69) is 15.0 Å². The summed E-state index contributed by atoms with van der Waals surface area (Å²) < 4.78 is 57.0. The Kier molecular flexibility index (Phi) is 5.26. The second-order valence-corrected chi connectivity index (χ2v) is 10.1. The van der Waals surface area contributed by atoms with Gasteiger partial charge in [0, 0.05) is 35.6 Å². The fourth-order valence-corrected chi connectivity index (χ4v) is 5.87. The van der Waals surface area contributed by atoms with Crippen molar-refractivity contribution in [2.24, 2.45) is 0 Å². The average Bonchev–Trinajstić information content (AvgIpc) is 3.56. The molecule has 5 heterocycles. The number of nitrogen functional groups attached to an aromatic ring is 1. The van der Waals surface area contributed by atoms with Gasteiger partial charge in [-0.3, -0.25) is 4.98 Å². The van der Waals surface area contributed by atoms with Crippen molar-refractivity contribution in [2.75, 3.05) is 32.5 Å². The third-order valence-electron chi connectivity index (χ3n) is 6.68. The van der Waals surface area contributed by atoms with Crippen molar-refractivity contribution in [1.29, 1.82) is 5.26 Å². The molecule has 2 N–H and O–H groups in total. The van der Waals surface area contributed by atoms with Gasteiger partial charge >= 0.3 is 6.01 Å². The summed E-state index contributed by atoms with van der Waals surface area (Å²) in [6, 6.07) is 1.82. The normalized spacial score (nSPS) is 19.8. The van der Waals surface area contributed by atoms with Gasteiger partial charge in [0.1, 0.15) is 23.2 Å². The maximum Gasteiger partial charge on any atom is 0.317 e. The highest BCUT2D eigenvalue weighted by atomic mass is 32.1. The van der Waals surface area contributed by atoms with Crippen LogP contribution in [0.25, 0.3) is 32.2 Å². The van der Waals surface area contributed by atoms with Crippen LogP contribution in [0.5, 0.6) is 6.01 Å². The first-order valence-corrected chi connectivity index (χ1v) is 12.0. The number of nitrogens with two attached hydrogens (primary N) is 1. The number of aromatic nitrogens is 3. The van der Waals surface area contributed by atoms with Crippen LogP contribution in [0.2, 0.25) is 0 Å². The van der Waals surface area contributed by atoms with E-state index < -0.39 is 17.3 Å². The maximum absolute atomic E-state index is 16.2. The lowest BCUT2D eigenvalue weighted by Gasteiger charge is -2.19. The fourth-order valence-electron chi connectivity index (χ4n) is 4.95. The number of benzene rings is 1. The van der Waals surface area contributed by atoms with Crippen LogP contribution >= 0.6 is 11.3 Å². The molecule has 1 fully saturated rings. The molecule has 184 valence electrons. The van der Waals surface area contributed by atoms with Crippen molar-refractivity contribution in [3.8, 4) is 23.3 Å². The van der Waals surface area contributed by atoms with Crippen LogP contribution in [-0.2, 0) is 18.0 Å². The second-order valence-electron chi connectivity index (χ2n) is 9.09. The molecule has 0 radical (unpaired) electrons. The van der Waals surface area contributed by atoms with Crippen LogP contribution in [0.4, 0.5) is 18.2 Å². The van der Waals surface area contributed by atoms with Gasteiger partial charge in [0.25, 0.3) is 0 Å². The lowest BCUT2D eigenvalue weighted by atomic mass is 9.94. The number of hydrogen-bond donors (Lipinski definition) is 1. The molecule has 1 unspecified atom stereocenters. The summed E-state index contributed by atoms with van der Waals surface area (Å²) in [7, 11) is 1.83. The Morgan fingerprint density at radius 3 is 2.83 bits per heavy atom. The molecule has 2 aliphatic heterocycles. The number of thiophene rings is 1. The summed E-state index contributed by atoms with van der Waals surface area (Å²) in [5.41, 5.74) is 5.70. The van der Waals surface area contributed by atoms with Crippen molar-refractivity contribution in [2.45, 2.75) is 25.3 Å². The molecule has 0 saturated carbocycles.